The third-order valence-electron chi connectivity index (χ3n) is 7.23. The Morgan fingerprint density at radius 1 is 1.23 bits per heavy atom. The van der Waals surface area contributed by atoms with Gasteiger partial charge in [-0.3, -0.25) is 23.7 Å². The lowest BCUT2D eigenvalue weighted by Gasteiger charge is -2.13. The summed E-state index contributed by atoms with van der Waals surface area (Å²) in [5, 5.41) is -0.0411. The van der Waals surface area contributed by atoms with Crippen LogP contribution in [-0.4, -0.2) is 21.5 Å². The maximum Gasteiger partial charge on any atom is 0.273 e. The van der Waals surface area contributed by atoms with E-state index in [-0.39, 0.29) is 34.1 Å². The van der Waals surface area contributed by atoms with Gasteiger partial charge in [0, 0.05) is 23.7 Å². The summed E-state index contributed by atoms with van der Waals surface area (Å²) < 4.78 is 50.6. The topological polar surface area (TPSA) is 59.6 Å². The van der Waals surface area contributed by atoms with Crippen molar-refractivity contribution in [1.29, 1.82) is 0 Å². The molecule has 10 heteroatoms. The van der Waals surface area contributed by atoms with Gasteiger partial charge in [0.1, 0.15) is 22.4 Å². The number of hydrogen-bond donors (Lipinski definition) is 0. The van der Waals surface area contributed by atoms with Crippen molar-refractivity contribution < 1.29 is 13.2 Å². The van der Waals surface area contributed by atoms with Crippen molar-refractivity contribution in [3.63, 3.8) is 0 Å². The van der Waals surface area contributed by atoms with Crippen LogP contribution in [0.25, 0.3) is 6.20 Å². The molecule has 39 heavy (non-hydrogen) atoms. The molecular formula is C29H26ClF3N4OS. The lowest BCUT2D eigenvalue weighted by molar-refractivity contribution is 0.594. The molecule has 0 saturated heterocycles. The van der Waals surface area contributed by atoms with E-state index in [2.05, 4.69) is 14.3 Å². The Balaban J connectivity index is 1.54. The lowest BCUT2D eigenvalue weighted by Crippen LogP contribution is -2.21. The smallest absolute Gasteiger partial charge is 0.273 e. The second kappa shape index (κ2) is 10.7. The molecule has 0 radical (unpaired) electrons. The summed E-state index contributed by atoms with van der Waals surface area (Å²) >= 11 is 6.54. The van der Waals surface area contributed by atoms with E-state index in [1.54, 1.807) is 38.3 Å². The number of hydrogen-bond acceptors (Lipinski definition) is 4. The highest BCUT2D eigenvalue weighted by atomic mass is 35.5. The van der Waals surface area contributed by atoms with Crippen LogP contribution in [0.2, 0.25) is 5.02 Å². The first-order chi connectivity index (χ1) is 18.6. The summed E-state index contributed by atoms with van der Waals surface area (Å²) in [6, 6.07) is 6.40. The molecule has 1 saturated carbocycles. The first kappa shape index (κ1) is 27.3. The number of rotatable bonds is 6. The number of aromatic nitrogens is 2. The summed E-state index contributed by atoms with van der Waals surface area (Å²) in [5.74, 6) is -1.91. The molecule has 5 nitrogen and oxygen atoms in total. The molecule has 0 spiro atoms. The van der Waals surface area contributed by atoms with Crippen molar-refractivity contribution in [2.45, 2.75) is 44.0 Å². The van der Waals surface area contributed by atoms with Crippen LogP contribution in [-0.2, 0) is 17.2 Å². The Kier molecular flexibility index (Phi) is 7.48. The Morgan fingerprint density at radius 2 is 2.00 bits per heavy atom. The summed E-state index contributed by atoms with van der Waals surface area (Å²) in [7, 11) is -0.638. The predicted octanol–water partition coefficient (Wildman–Crippen LogP) is 7.10. The van der Waals surface area contributed by atoms with E-state index < -0.39 is 33.7 Å². The Labute approximate surface area is 231 Å². The average molecular weight is 571 g/mol. The molecule has 0 bridgehead atoms. The summed E-state index contributed by atoms with van der Waals surface area (Å²) in [5.41, 5.74) is 1.72. The van der Waals surface area contributed by atoms with Gasteiger partial charge in [-0.05, 0) is 72.7 Å². The largest absolute Gasteiger partial charge is 0.284 e. The number of allylic oxidation sites excluding steroid dienone is 2. The molecule has 2 aromatic heterocycles. The third kappa shape index (κ3) is 4.94. The van der Waals surface area contributed by atoms with Crippen LogP contribution in [0.4, 0.5) is 13.2 Å². The van der Waals surface area contributed by atoms with E-state index in [1.165, 1.54) is 18.3 Å². The number of halogens is 4. The molecular weight excluding hydrogens is 545 g/mol. The molecule has 5 rings (SSSR count). The minimum absolute atomic E-state index is 0.0104. The van der Waals surface area contributed by atoms with Gasteiger partial charge in [0.2, 0.25) is 0 Å². The quantitative estimate of drug-likeness (QED) is 0.297. The number of aryl methyl sites for hydroxylation is 1. The number of benzene rings is 1. The maximum atomic E-state index is 15.8. The SMILES string of the molecule is C/C=C/N=C(/C(F)=C/n1c(C)cc(C2C(c3cncc(F)c3)[C@H]2C)c(Cl)c1=O)c1ccc2c(c1F)S(C)=NC2. The molecule has 2 aliphatic rings. The number of aliphatic imine (C=N–C) groups is 1. The fourth-order valence-corrected chi connectivity index (χ4v) is 6.86. The van der Waals surface area contributed by atoms with E-state index in [0.717, 1.165) is 28.1 Å². The van der Waals surface area contributed by atoms with Crippen molar-refractivity contribution in [3.8, 4) is 0 Å². The lowest BCUT2D eigenvalue weighted by atomic mass is 10.0. The van der Waals surface area contributed by atoms with Gasteiger partial charge in [-0.15, -0.1) is 0 Å². The van der Waals surface area contributed by atoms with Gasteiger partial charge in [0.05, 0.1) is 23.8 Å². The zero-order chi connectivity index (χ0) is 28.0. The van der Waals surface area contributed by atoms with Crippen LogP contribution >= 0.6 is 11.6 Å². The maximum absolute atomic E-state index is 15.8. The first-order valence-electron chi connectivity index (χ1n) is 12.4. The van der Waals surface area contributed by atoms with Crippen LogP contribution in [0, 0.1) is 24.5 Å². The van der Waals surface area contributed by atoms with E-state index in [0.29, 0.717) is 22.7 Å². The van der Waals surface area contributed by atoms with Crippen LogP contribution in [0.5, 0.6) is 0 Å². The minimum atomic E-state index is -0.893. The van der Waals surface area contributed by atoms with Crippen LogP contribution in [0.1, 0.15) is 53.6 Å². The molecule has 4 atom stereocenters. The van der Waals surface area contributed by atoms with E-state index >= 15 is 8.78 Å². The van der Waals surface area contributed by atoms with Crippen molar-refractivity contribution in [3.05, 3.63) is 110 Å². The van der Waals surface area contributed by atoms with Gasteiger partial charge < -0.3 is 0 Å². The monoisotopic (exact) mass is 570 g/mol. The molecule has 0 amide bonds. The van der Waals surface area contributed by atoms with Crippen molar-refractivity contribution in [1.82, 2.24) is 9.55 Å². The second-order valence-corrected chi connectivity index (χ2v) is 11.7. The highest BCUT2D eigenvalue weighted by molar-refractivity contribution is 7.86. The molecule has 3 aromatic rings. The van der Waals surface area contributed by atoms with Crippen LogP contribution in [0.15, 0.2) is 73.8 Å². The zero-order valence-electron chi connectivity index (χ0n) is 21.8. The fourth-order valence-electron chi connectivity index (χ4n) is 5.25. The first-order valence-corrected chi connectivity index (χ1v) is 14.3. The van der Waals surface area contributed by atoms with Crippen LogP contribution in [0.3, 0.4) is 0 Å². The number of pyridine rings is 2. The van der Waals surface area contributed by atoms with Gasteiger partial charge in [0.25, 0.3) is 5.56 Å². The Hall–Kier alpha value is -3.30. The van der Waals surface area contributed by atoms with Crippen molar-refractivity contribution >= 4 is 34.2 Å². The van der Waals surface area contributed by atoms with Gasteiger partial charge in [-0.25, -0.2) is 13.2 Å². The molecule has 1 aromatic carbocycles. The summed E-state index contributed by atoms with van der Waals surface area (Å²) in [6.07, 6.45) is 8.53. The second-order valence-electron chi connectivity index (χ2n) is 9.70. The Morgan fingerprint density at radius 3 is 2.72 bits per heavy atom. The Bertz CT molecular complexity index is 1680. The van der Waals surface area contributed by atoms with Gasteiger partial charge >= 0.3 is 0 Å². The van der Waals surface area contributed by atoms with Gasteiger partial charge in [-0.1, -0.05) is 41.4 Å². The molecule has 1 aliphatic heterocycles. The van der Waals surface area contributed by atoms with E-state index in [4.69, 9.17) is 11.6 Å². The van der Waals surface area contributed by atoms with Crippen molar-refractivity contribution in [2.75, 3.05) is 6.26 Å². The molecule has 1 fully saturated rings. The molecule has 202 valence electrons. The highest BCUT2D eigenvalue weighted by Gasteiger charge is 2.50. The number of nitrogens with zero attached hydrogens (tertiary/aromatic N) is 4. The van der Waals surface area contributed by atoms with Gasteiger partial charge in [-0.2, -0.15) is 0 Å². The molecule has 3 heterocycles. The van der Waals surface area contributed by atoms with Gasteiger partial charge in [0.15, 0.2) is 5.83 Å². The summed E-state index contributed by atoms with van der Waals surface area (Å²) in [4.78, 5) is 21.9. The van der Waals surface area contributed by atoms with E-state index in [9.17, 15) is 9.18 Å². The molecule has 0 N–H and O–H groups in total. The number of fused-ring (bicyclic) bond motifs is 1. The minimum Gasteiger partial charge on any atom is -0.284 e. The summed E-state index contributed by atoms with van der Waals surface area (Å²) in [6.45, 7) is 5.80. The van der Waals surface area contributed by atoms with Crippen molar-refractivity contribution in [2.24, 2.45) is 15.3 Å². The fraction of sp³-hybridized carbons (Fsp3) is 0.276. The highest BCUT2D eigenvalue weighted by Crippen LogP contribution is 2.61. The third-order valence-corrected chi connectivity index (χ3v) is 9.16. The predicted molar refractivity (Wildman–Crippen MR) is 150 cm³/mol. The van der Waals surface area contributed by atoms with E-state index in [1.807, 2.05) is 13.2 Å². The molecule has 3 unspecified atom stereocenters. The zero-order valence-corrected chi connectivity index (χ0v) is 23.3. The molecule has 1 aliphatic carbocycles. The average Bonchev–Trinajstić information content (AvgIpc) is 3.42. The standard InChI is InChI=1S/C29H26ClF3N4OS/c1-5-8-35-27(20-7-6-17-12-36-39(4)28(17)26(20)33)22(32)14-37-15(2)9-21(25(30)29(37)38)24-16(3)23(24)18-10-19(31)13-34-11-18/h5-11,13-14,16,23-24H,12H2,1-4H3/b8-5+,22-14-,35-27+/t16-,23?,24?,39?/m1/s1. The normalized spacial score (nSPS) is 22.8. The van der Waals surface area contributed by atoms with Crippen LogP contribution < -0.4 is 5.56 Å².